The molecule has 0 spiro atoms. The highest BCUT2D eigenvalue weighted by Gasteiger charge is 2.34. The van der Waals surface area contributed by atoms with E-state index >= 15 is 0 Å². The quantitative estimate of drug-likeness (QED) is 0.668. The van der Waals surface area contributed by atoms with E-state index in [0.29, 0.717) is 11.3 Å². The second-order valence-electron chi connectivity index (χ2n) is 6.57. The number of hydrogen-bond donors (Lipinski definition) is 2. The molecule has 4 nitrogen and oxygen atoms in total. The summed E-state index contributed by atoms with van der Waals surface area (Å²) in [4.78, 5) is 25.2. The predicted molar refractivity (Wildman–Crippen MR) is 103 cm³/mol. The molecule has 3 aromatic rings. The normalized spacial score (nSPS) is 15.9. The van der Waals surface area contributed by atoms with Crippen LogP contribution in [0.5, 0.6) is 0 Å². The van der Waals surface area contributed by atoms with Crippen molar-refractivity contribution in [1.82, 2.24) is 0 Å². The number of rotatable bonds is 3. The Morgan fingerprint density at radius 3 is 2.44 bits per heavy atom. The summed E-state index contributed by atoms with van der Waals surface area (Å²) < 4.78 is 13.3. The smallest absolute Gasteiger partial charge is 0.346 e. The van der Waals surface area contributed by atoms with E-state index in [1.807, 2.05) is 31.2 Å². The van der Waals surface area contributed by atoms with Gasteiger partial charge in [0, 0.05) is 22.8 Å². The van der Waals surface area contributed by atoms with Gasteiger partial charge in [0.2, 0.25) is 5.91 Å². The van der Waals surface area contributed by atoms with E-state index in [-0.39, 0.29) is 28.9 Å². The van der Waals surface area contributed by atoms with Crippen LogP contribution in [-0.2, 0) is 4.79 Å². The Labute approximate surface area is 159 Å². The molecule has 0 fully saturated rings. The Balaban J connectivity index is 1.92. The highest BCUT2D eigenvalue weighted by atomic mass is 32.1. The molecule has 0 radical (unpaired) electrons. The van der Waals surface area contributed by atoms with Gasteiger partial charge in [-0.2, -0.15) is 0 Å². The predicted octanol–water partition coefficient (Wildman–Crippen LogP) is 5.03. The van der Waals surface area contributed by atoms with Gasteiger partial charge in [0.05, 0.1) is 5.69 Å². The Kier molecular flexibility index (Phi) is 4.28. The molecule has 6 heteroatoms. The van der Waals surface area contributed by atoms with Crippen LogP contribution in [-0.4, -0.2) is 17.0 Å². The molecule has 2 heterocycles. The van der Waals surface area contributed by atoms with Crippen molar-refractivity contribution in [3.8, 4) is 11.1 Å². The fraction of sp³-hybridized carbons (Fsp3) is 0.143. The number of hydrogen-bond acceptors (Lipinski definition) is 3. The summed E-state index contributed by atoms with van der Waals surface area (Å²) in [5.41, 5.74) is 3.68. The van der Waals surface area contributed by atoms with E-state index < -0.39 is 5.97 Å². The van der Waals surface area contributed by atoms with Gasteiger partial charge in [-0.15, -0.1) is 11.3 Å². The maximum absolute atomic E-state index is 13.3. The van der Waals surface area contributed by atoms with Gasteiger partial charge in [0.1, 0.15) is 10.7 Å². The first-order valence-corrected chi connectivity index (χ1v) is 9.28. The average Bonchev–Trinajstić information content (AvgIpc) is 3.02. The Hall–Kier alpha value is -2.99. The third-order valence-corrected chi connectivity index (χ3v) is 6.00. The molecule has 1 aliphatic heterocycles. The molecule has 1 amide bonds. The summed E-state index contributed by atoms with van der Waals surface area (Å²) >= 11 is 1.17. The zero-order valence-electron chi connectivity index (χ0n) is 14.5. The van der Waals surface area contributed by atoms with E-state index in [2.05, 4.69) is 5.32 Å². The van der Waals surface area contributed by atoms with Crippen LogP contribution < -0.4 is 5.32 Å². The van der Waals surface area contributed by atoms with Crippen molar-refractivity contribution in [3.05, 3.63) is 75.2 Å². The molecular formula is C21H16FNO3S. The minimum Gasteiger partial charge on any atom is -0.477 e. The summed E-state index contributed by atoms with van der Waals surface area (Å²) in [6.07, 6.45) is 0.200. The fourth-order valence-electron chi connectivity index (χ4n) is 3.40. The minimum atomic E-state index is -1.03. The van der Waals surface area contributed by atoms with Gasteiger partial charge >= 0.3 is 5.97 Å². The van der Waals surface area contributed by atoms with Crippen molar-refractivity contribution in [2.45, 2.75) is 19.3 Å². The first kappa shape index (κ1) is 17.4. The van der Waals surface area contributed by atoms with Gasteiger partial charge in [0.15, 0.2) is 0 Å². The van der Waals surface area contributed by atoms with Crippen molar-refractivity contribution in [2.75, 3.05) is 5.32 Å². The number of fused-ring (bicyclic) bond motifs is 1. The van der Waals surface area contributed by atoms with Gasteiger partial charge < -0.3 is 10.4 Å². The maximum atomic E-state index is 13.3. The van der Waals surface area contributed by atoms with Crippen LogP contribution in [0.25, 0.3) is 11.1 Å². The van der Waals surface area contributed by atoms with Crippen LogP contribution in [0.3, 0.4) is 0 Å². The molecular weight excluding hydrogens is 365 g/mol. The summed E-state index contributed by atoms with van der Waals surface area (Å²) in [5, 5.41) is 12.6. The minimum absolute atomic E-state index is 0.181. The van der Waals surface area contributed by atoms with E-state index in [1.165, 1.54) is 23.5 Å². The lowest BCUT2D eigenvalue weighted by molar-refractivity contribution is -0.116. The number of nitrogens with one attached hydrogen (secondary N) is 1. The lowest BCUT2D eigenvalue weighted by atomic mass is 9.88. The number of aryl methyl sites for hydroxylation is 1. The van der Waals surface area contributed by atoms with Crippen molar-refractivity contribution < 1.29 is 19.1 Å². The molecule has 136 valence electrons. The van der Waals surface area contributed by atoms with Crippen molar-refractivity contribution in [1.29, 1.82) is 0 Å². The van der Waals surface area contributed by atoms with Gasteiger partial charge in [-0.05, 0) is 30.2 Å². The number of aromatic carboxylic acids is 1. The summed E-state index contributed by atoms with van der Waals surface area (Å²) in [6, 6.07) is 13.5. The fourth-order valence-corrected chi connectivity index (χ4v) is 4.64. The molecule has 0 saturated heterocycles. The molecule has 2 aromatic carbocycles. The van der Waals surface area contributed by atoms with Gasteiger partial charge in [-0.25, -0.2) is 9.18 Å². The highest BCUT2D eigenvalue weighted by Crippen LogP contribution is 2.49. The zero-order chi connectivity index (χ0) is 19.1. The van der Waals surface area contributed by atoms with E-state index in [1.54, 1.807) is 12.1 Å². The molecule has 1 aliphatic rings. The lowest BCUT2D eigenvalue weighted by Gasteiger charge is -2.24. The molecule has 0 bridgehead atoms. The largest absolute Gasteiger partial charge is 0.477 e. The summed E-state index contributed by atoms with van der Waals surface area (Å²) in [6.45, 7) is 1.96. The van der Waals surface area contributed by atoms with Crippen LogP contribution in [0.1, 0.15) is 38.0 Å². The third-order valence-electron chi connectivity index (χ3n) is 4.71. The van der Waals surface area contributed by atoms with Crippen LogP contribution >= 0.6 is 11.3 Å². The highest BCUT2D eigenvalue weighted by molar-refractivity contribution is 7.15. The van der Waals surface area contributed by atoms with Crippen molar-refractivity contribution >= 4 is 28.9 Å². The van der Waals surface area contributed by atoms with Crippen LogP contribution in [0.2, 0.25) is 0 Å². The number of thiophene rings is 1. The number of amides is 1. The van der Waals surface area contributed by atoms with Crippen molar-refractivity contribution in [3.63, 3.8) is 0 Å². The molecule has 2 N–H and O–H groups in total. The number of anilines is 1. The second-order valence-corrected chi connectivity index (χ2v) is 7.63. The summed E-state index contributed by atoms with van der Waals surface area (Å²) in [5.74, 6) is -1.86. The zero-order valence-corrected chi connectivity index (χ0v) is 15.3. The van der Waals surface area contributed by atoms with E-state index in [4.69, 9.17) is 0 Å². The number of carbonyl (C=O) groups excluding carboxylic acids is 1. The standard InChI is InChI=1S/C21H16FNO3S/c1-11-2-4-13(5-3-11)17-18-19(27-20(17)21(25)26)15(10-16(24)23-18)12-6-8-14(22)9-7-12/h2-9,15H,10H2,1H3,(H,23,24)(H,25,26). The molecule has 1 unspecified atom stereocenters. The Morgan fingerprint density at radius 1 is 1.15 bits per heavy atom. The van der Waals surface area contributed by atoms with Crippen molar-refractivity contribution in [2.24, 2.45) is 0 Å². The van der Waals surface area contributed by atoms with Gasteiger partial charge in [-0.1, -0.05) is 42.0 Å². The topological polar surface area (TPSA) is 66.4 Å². The Morgan fingerprint density at radius 2 is 1.81 bits per heavy atom. The maximum Gasteiger partial charge on any atom is 0.346 e. The summed E-state index contributed by atoms with van der Waals surface area (Å²) in [7, 11) is 0. The van der Waals surface area contributed by atoms with Gasteiger partial charge in [0.25, 0.3) is 0 Å². The third kappa shape index (κ3) is 3.13. The monoisotopic (exact) mass is 381 g/mol. The number of carboxylic acids is 1. The first-order chi connectivity index (χ1) is 12.9. The lowest BCUT2D eigenvalue weighted by Crippen LogP contribution is -2.22. The van der Waals surface area contributed by atoms with E-state index in [9.17, 15) is 19.1 Å². The molecule has 4 rings (SSSR count). The van der Waals surface area contributed by atoms with Crippen LogP contribution in [0, 0.1) is 12.7 Å². The van der Waals surface area contributed by atoms with Crippen LogP contribution in [0.4, 0.5) is 10.1 Å². The molecule has 1 aromatic heterocycles. The van der Waals surface area contributed by atoms with Crippen LogP contribution in [0.15, 0.2) is 48.5 Å². The first-order valence-electron chi connectivity index (χ1n) is 8.46. The molecule has 0 aliphatic carbocycles. The molecule has 0 saturated carbocycles. The molecule has 1 atom stereocenters. The number of benzene rings is 2. The Bertz CT molecular complexity index is 1040. The molecule has 27 heavy (non-hydrogen) atoms. The number of carbonyl (C=O) groups is 2. The average molecular weight is 381 g/mol. The van der Waals surface area contributed by atoms with E-state index in [0.717, 1.165) is 21.6 Å². The van der Waals surface area contributed by atoms with Gasteiger partial charge in [-0.3, -0.25) is 4.79 Å². The second kappa shape index (κ2) is 6.63. The SMILES string of the molecule is Cc1ccc(-c2c(C(=O)O)sc3c2NC(=O)CC3c2ccc(F)cc2)cc1. The number of carboxylic acid groups (broad SMARTS) is 1. The number of halogens is 1.